The van der Waals surface area contributed by atoms with Crippen LogP contribution in [-0.2, 0) is 29.7 Å². The van der Waals surface area contributed by atoms with Crippen LogP contribution in [0, 0.1) is 0 Å². The zero-order valence-corrected chi connectivity index (χ0v) is 27.1. The molecule has 1 saturated heterocycles. The Balaban J connectivity index is 1.04. The zero-order chi connectivity index (χ0) is 32.9. The van der Waals surface area contributed by atoms with E-state index in [-0.39, 0.29) is 30.4 Å². The summed E-state index contributed by atoms with van der Waals surface area (Å²) >= 11 is 1.61. The third-order valence-corrected chi connectivity index (χ3v) is 9.43. The maximum absolute atomic E-state index is 12.8. The predicted octanol–water partition coefficient (Wildman–Crippen LogP) is 6.19. The highest BCUT2D eigenvalue weighted by atomic mass is 32.2. The van der Waals surface area contributed by atoms with E-state index < -0.39 is 6.29 Å². The summed E-state index contributed by atoms with van der Waals surface area (Å²) in [5.74, 6) is 0.429. The molecule has 2 aromatic heterocycles. The number of aliphatic hydroxyl groups excluding tert-OH is 1. The summed E-state index contributed by atoms with van der Waals surface area (Å²) < 4.78 is 14.9. The average Bonchev–Trinajstić information content (AvgIpc) is 3.57. The van der Waals surface area contributed by atoms with Crippen LogP contribution >= 0.6 is 11.8 Å². The van der Waals surface area contributed by atoms with Crippen LogP contribution in [0.15, 0.2) is 115 Å². The van der Waals surface area contributed by atoms with Crippen molar-refractivity contribution in [1.29, 1.82) is 0 Å². The lowest BCUT2D eigenvalue weighted by molar-refractivity contribution is -0.245. The van der Waals surface area contributed by atoms with Gasteiger partial charge in [0.2, 0.25) is 0 Å². The minimum Gasteiger partial charge on any atom is -0.392 e. The number of fused-ring (bicyclic) bond motifs is 1. The molecular weight excluding hydrogens is 625 g/mol. The molecule has 11 heteroatoms. The van der Waals surface area contributed by atoms with E-state index in [1.807, 2.05) is 84.4 Å². The molecule has 48 heavy (non-hydrogen) atoms. The Bertz CT molecular complexity index is 2020. The highest BCUT2D eigenvalue weighted by molar-refractivity contribution is 7.99. The van der Waals surface area contributed by atoms with Gasteiger partial charge in [0.15, 0.2) is 11.4 Å². The number of carbonyl (C=O) groups is 1. The van der Waals surface area contributed by atoms with Crippen molar-refractivity contribution in [3.8, 4) is 11.1 Å². The lowest BCUT2D eigenvalue weighted by Gasteiger charge is -2.36. The van der Waals surface area contributed by atoms with Crippen molar-refractivity contribution in [3.63, 3.8) is 0 Å². The van der Waals surface area contributed by atoms with Gasteiger partial charge in [-0.2, -0.15) is 0 Å². The molecule has 0 saturated carbocycles. The number of aromatic nitrogens is 5. The van der Waals surface area contributed by atoms with Crippen molar-refractivity contribution in [2.75, 3.05) is 5.75 Å². The number of nitrogens with one attached hydrogen (secondary N) is 1. The molecule has 2 N–H and O–H groups in total. The van der Waals surface area contributed by atoms with E-state index in [2.05, 4.69) is 49.7 Å². The quantitative estimate of drug-likeness (QED) is 0.166. The Morgan fingerprint density at radius 1 is 0.917 bits per heavy atom. The van der Waals surface area contributed by atoms with E-state index in [1.165, 1.54) is 6.20 Å². The molecule has 10 nitrogen and oxygen atoms in total. The number of amides is 1. The van der Waals surface area contributed by atoms with E-state index in [4.69, 9.17) is 9.47 Å². The van der Waals surface area contributed by atoms with Crippen LogP contribution in [-0.4, -0.2) is 47.6 Å². The van der Waals surface area contributed by atoms with Crippen LogP contribution in [0.25, 0.3) is 22.2 Å². The summed E-state index contributed by atoms with van der Waals surface area (Å²) in [6.07, 6.45) is 3.07. The van der Waals surface area contributed by atoms with E-state index >= 15 is 0 Å². The summed E-state index contributed by atoms with van der Waals surface area (Å²) in [7, 11) is 1.93. The maximum Gasteiger partial charge on any atom is 0.271 e. The van der Waals surface area contributed by atoms with E-state index in [1.54, 1.807) is 18.1 Å². The highest BCUT2D eigenvalue weighted by Crippen LogP contribution is 2.39. The summed E-state index contributed by atoms with van der Waals surface area (Å²) in [6, 6.07) is 31.7. The fourth-order valence-corrected chi connectivity index (χ4v) is 6.53. The molecule has 0 bridgehead atoms. The first-order chi connectivity index (χ1) is 23.5. The zero-order valence-electron chi connectivity index (χ0n) is 26.3. The number of hydrogen-bond acceptors (Lipinski definition) is 9. The lowest BCUT2D eigenvalue weighted by atomic mass is 9.99. The second kappa shape index (κ2) is 14.4. The number of ether oxygens (including phenoxy) is 2. The third kappa shape index (κ3) is 7.29. The monoisotopic (exact) mass is 658 g/mol. The fourth-order valence-electron chi connectivity index (χ4n) is 5.63. The molecule has 1 aliphatic rings. The molecule has 0 spiro atoms. The summed E-state index contributed by atoms with van der Waals surface area (Å²) in [4.78, 5) is 21.6. The molecule has 1 aliphatic heterocycles. The van der Waals surface area contributed by atoms with Crippen LogP contribution < -0.4 is 5.32 Å². The number of para-hydroxylation sites is 2. The molecule has 242 valence electrons. The summed E-state index contributed by atoms with van der Waals surface area (Å²) in [5.41, 5.74) is 7.58. The predicted molar refractivity (Wildman–Crippen MR) is 183 cm³/mol. The number of aliphatic hydroxyl groups is 1. The number of nitrogens with zero attached hydrogens (tertiary/aromatic N) is 5. The Hall–Kier alpha value is -4.94. The highest BCUT2D eigenvalue weighted by Gasteiger charge is 2.32. The van der Waals surface area contributed by atoms with Gasteiger partial charge in [-0.05, 0) is 46.0 Å². The van der Waals surface area contributed by atoms with Crippen molar-refractivity contribution in [2.45, 2.75) is 43.2 Å². The maximum atomic E-state index is 12.8. The fraction of sp³-hybridized carbons (Fsp3) is 0.216. The first-order valence-corrected chi connectivity index (χ1v) is 16.7. The van der Waals surface area contributed by atoms with Gasteiger partial charge in [-0.15, -0.1) is 10.2 Å². The topological polar surface area (TPSA) is 124 Å². The number of benzene rings is 4. The minimum atomic E-state index is -0.555. The van der Waals surface area contributed by atoms with Crippen LogP contribution in [0.2, 0.25) is 0 Å². The van der Waals surface area contributed by atoms with E-state index in [9.17, 15) is 9.90 Å². The van der Waals surface area contributed by atoms with Crippen LogP contribution in [0.4, 0.5) is 0 Å². The largest absolute Gasteiger partial charge is 0.392 e. The second-order valence-corrected chi connectivity index (χ2v) is 12.6. The Morgan fingerprint density at radius 3 is 2.48 bits per heavy atom. The number of rotatable bonds is 10. The standard InChI is InChI=1S/C37H34N6O4S/c1-43-23-40-42-37(43)48-22-30-18-34(27-11-9-24(21-44)10-12-27)47-36(46-30)28-15-13-26(14-16-28)29-6-4-5-25(17-29)19-39-35(45)33-20-38-31-7-2-3-8-32(31)41-33/h2-17,20,23,30,34,36,44H,18-19,21-22H2,1H3,(H,39,45). The van der Waals surface area contributed by atoms with Crippen molar-refractivity contribution < 1.29 is 19.4 Å². The Morgan fingerprint density at radius 2 is 1.71 bits per heavy atom. The molecule has 4 aromatic carbocycles. The summed E-state index contributed by atoms with van der Waals surface area (Å²) in [5, 5.41) is 21.5. The van der Waals surface area contributed by atoms with Crippen molar-refractivity contribution >= 4 is 28.7 Å². The number of carbonyl (C=O) groups excluding carboxylic acids is 1. The lowest BCUT2D eigenvalue weighted by Crippen LogP contribution is -2.31. The van der Waals surface area contributed by atoms with Gasteiger partial charge < -0.3 is 24.5 Å². The molecule has 1 fully saturated rings. The molecule has 1 amide bonds. The first-order valence-electron chi connectivity index (χ1n) is 15.7. The van der Waals surface area contributed by atoms with Gasteiger partial charge in [-0.1, -0.05) is 90.6 Å². The molecular formula is C37H34N6O4S. The van der Waals surface area contributed by atoms with E-state index in [0.717, 1.165) is 44.1 Å². The molecule has 6 aromatic rings. The van der Waals surface area contributed by atoms with Crippen LogP contribution in [0.1, 0.15) is 51.6 Å². The van der Waals surface area contributed by atoms with E-state index in [0.29, 0.717) is 24.2 Å². The number of thioether (sulfide) groups is 1. The molecule has 3 heterocycles. The van der Waals surface area contributed by atoms with Gasteiger partial charge in [0, 0.05) is 31.3 Å². The second-order valence-electron chi connectivity index (χ2n) is 11.6. The SMILES string of the molecule is Cn1cnnc1SCC1CC(c2ccc(CO)cc2)OC(c2ccc(-c3cccc(CNC(=O)c4cnc5ccccc5n4)c3)cc2)O1. The smallest absolute Gasteiger partial charge is 0.271 e. The van der Waals surface area contributed by atoms with Crippen molar-refractivity contribution in [3.05, 3.63) is 138 Å². The van der Waals surface area contributed by atoms with Crippen molar-refractivity contribution in [1.82, 2.24) is 30.0 Å². The molecule has 7 rings (SSSR count). The van der Waals surface area contributed by atoms with Gasteiger partial charge in [0.1, 0.15) is 12.0 Å². The first kappa shape index (κ1) is 31.6. The number of hydrogen-bond donors (Lipinski definition) is 2. The van der Waals surface area contributed by atoms with Crippen molar-refractivity contribution in [2.24, 2.45) is 7.05 Å². The van der Waals surface area contributed by atoms with Gasteiger partial charge in [0.05, 0.1) is 36.0 Å². The summed E-state index contributed by atoms with van der Waals surface area (Å²) in [6.45, 7) is 0.357. The Kier molecular flexibility index (Phi) is 9.53. The van der Waals surface area contributed by atoms with Crippen LogP contribution in [0.3, 0.4) is 0 Å². The molecule has 0 radical (unpaired) electrons. The molecule has 3 unspecified atom stereocenters. The van der Waals surface area contributed by atoms with Gasteiger partial charge in [-0.3, -0.25) is 9.78 Å². The average molecular weight is 659 g/mol. The number of aryl methyl sites for hydroxylation is 1. The molecule has 3 atom stereocenters. The minimum absolute atomic E-state index is 0.00108. The van der Waals surface area contributed by atoms with Gasteiger partial charge >= 0.3 is 0 Å². The van der Waals surface area contributed by atoms with Gasteiger partial charge in [0.25, 0.3) is 5.91 Å². The van der Waals surface area contributed by atoms with Crippen LogP contribution in [0.5, 0.6) is 0 Å². The Labute approximate surface area is 282 Å². The third-order valence-electron chi connectivity index (χ3n) is 8.26. The normalized spacial score (nSPS) is 17.8. The molecule has 0 aliphatic carbocycles. The van der Waals surface area contributed by atoms with Gasteiger partial charge in [-0.25, -0.2) is 4.98 Å².